The topological polar surface area (TPSA) is 35.5 Å². The molecule has 1 aliphatic carbocycles. The third-order valence-electron chi connectivity index (χ3n) is 2.94. The summed E-state index contributed by atoms with van der Waals surface area (Å²) in [5.74, 6) is -0.878. The molecule has 1 saturated carbocycles. The highest BCUT2D eigenvalue weighted by Gasteiger charge is 2.57. The average Bonchev–Trinajstić information content (AvgIpc) is 2.29. The Bertz CT molecular complexity index is 244. The summed E-state index contributed by atoms with van der Waals surface area (Å²) in [6.45, 7) is 0. The average molecular weight is 242 g/mol. The number of halogens is 2. The Morgan fingerprint density at radius 1 is 1.13 bits per heavy atom. The molecule has 0 heterocycles. The zero-order chi connectivity index (χ0) is 11.5. The van der Waals surface area contributed by atoms with Gasteiger partial charge in [-0.3, -0.25) is 4.57 Å². The molecule has 6 heteroatoms. The van der Waals surface area contributed by atoms with Gasteiger partial charge in [-0.2, -0.15) is 8.78 Å². The van der Waals surface area contributed by atoms with E-state index in [-0.39, 0.29) is 0 Å². The predicted octanol–water partition coefficient (Wildman–Crippen LogP) is 3.65. The molecule has 0 bridgehead atoms. The predicted molar refractivity (Wildman–Crippen MR) is 53.1 cm³/mol. The number of hydrogen-bond donors (Lipinski definition) is 0. The lowest BCUT2D eigenvalue weighted by atomic mass is 9.89. The Balaban J connectivity index is 2.83. The van der Waals surface area contributed by atoms with Crippen LogP contribution in [0.25, 0.3) is 0 Å². The zero-order valence-corrected chi connectivity index (χ0v) is 9.94. The van der Waals surface area contributed by atoms with Gasteiger partial charge in [0, 0.05) is 20.1 Å². The van der Waals surface area contributed by atoms with Crippen LogP contribution in [0.1, 0.15) is 32.1 Å². The van der Waals surface area contributed by atoms with Crippen molar-refractivity contribution in [2.24, 2.45) is 5.92 Å². The molecule has 0 amide bonds. The molecule has 0 aromatic carbocycles. The van der Waals surface area contributed by atoms with E-state index in [2.05, 4.69) is 9.05 Å². The first-order valence-electron chi connectivity index (χ1n) is 5.07. The summed E-state index contributed by atoms with van der Waals surface area (Å²) in [4.78, 5) is 0. The van der Waals surface area contributed by atoms with Gasteiger partial charge in [0.05, 0.1) is 0 Å². The molecule has 1 fully saturated rings. The van der Waals surface area contributed by atoms with Crippen molar-refractivity contribution in [3.63, 3.8) is 0 Å². The number of rotatable bonds is 4. The molecule has 0 spiro atoms. The minimum Gasteiger partial charge on any atom is -0.308 e. The normalized spacial score (nSPS) is 20.5. The van der Waals surface area contributed by atoms with Gasteiger partial charge in [0.2, 0.25) is 0 Å². The molecule has 0 saturated heterocycles. The van der Waals surface area contributed by atoms with Crippen LogP contribution in [0, 0.1) is 5.92 Å². The molecular formula is C9H17F2O3P. The van der Waals surface area contributed by atoms with E-state index in [0.29, 0.717) is 12.8 Å². The molecule has 1 aliphatic rings. The van der Waals surface area contributed by atoms with Gasteiger partial charge in [-0.1, -0.05) is 19.3 Å². The fourth-order valence-electron chi connectivity index (χ4n) is 1.99. The summed E-state index contributed by atoms with van der Waals surface area (Å²) < 4.78 is 48.1. The van der Waals surface area contributed by atoms with Crippen LogP contribution in [-0.2, 0) is 13.6 Å². The highest BCUT2D eigenvalue weighted by Crippen LogP contribution is 2.65. The van der Waals surface area contributed by atoms with Gasteiger partial charge in [-0.05, 0) is 12.8 Å². The van der Waals surface area contributed by atoms with Gasteiger partial charge >= 0.3 is 13.3 Å². The maximum absolute atomic E-state index is 13.8. The summed E-state index contributed by atoms with van der Waals surface area (Å²) in [6, 6.07) is 0. The van der Waals surface area contributed by atoms with E-state index in [1.54, 1.807) is 0 Å². The van der Waals surface area contributed by atoms with Crippen LogP contribution in [0.4, 0.5) is 8.78 Å². The Morgan fingerprint density at radius 3 is 2.00 bits per heavy atom. The summed E-state index contributed by atoms with van der Waals surface area (Å²) in [6.07, 6.45) is 3.27. The van der Waals surface area contributed by atoms with Gasteiger partial charge < -0.3 is 9.05 Å². The maximum atomic E-state index is 13.8. The van der Waals surface area contributed by atoms with Crippen molar-refractivity contribution in [2.45, 2.75) is 37.8 Å². The third-order valence-corrected chi connectivity index (χ3v) is 5.00. The zero-order valence-electron chi connectivity index (χ0n) is 9.04. The van der Waals surface area contributed by atoms with Crippen molar-refractivity contribution in [3.8, 4) is 0 Å². The molecule has 0 N–H and O–H groups in total. The van der Waals surface area contributed by atoms with Gasteiger partial charge in [-0.25, -0.2) is 0 Å². The second-order valence-corrected chi connectivity index (χ2v) is 6.11. The molecule has 0 aliphatic heterocycles. The second kappa shape index (κ2) is 4.89. The molecular weight excluding hydrogens is 225 g/mol. The fraction of sp³-hybridized carbons (Fsp3) is 1.00. The van der Waals surface area contributed by atoms with Crippen LogP contribution >= 0.6 is 7.60 Å². The quantitative estimate of drug-likeness (QED) is 0.706. The molecule has 1 rings (SSSR count). The molecule has 15 heavy (non-hydrogen) atoms. The van der Waals surface area contributed by atoms with Gasteiger partial charge in [0.1, 0.15) is 0 Å². The summed E-state index contributed by atoms with van der Waals surface area (Å²) >= 11 is 0. The van der Waals surface area contributed by atoms with Crippen molar-refractivity contribution in [3.05, 3.63) is 0 Å². The van der Waals surface area contributed by atoms with E-state index in [4.69, 9.17) is 0 Å². The first kappa shape index (κ1) is 13.1. The van der Waals surface area contributed by atoms with E-state index < -0.39 is 19.2 Å². The smallest absolute Gasteiger partial charge is 0.308 e. The Morgan fingerprint density at radius 2 is 1.60 bits per heavy atom. The van der Waals surface area contributed by atoms with E-state index >= 15 is 0 Å². The van der Waals surface area contributed by atoms with Crippen LogP contribution in [0.15, 0.2) is 0 Å². The van der Waals surface area contributed by atoms with Gasteiger partial charge in [-0.15, -0.1) is 0 Å². The van der Waals surface area contributed by atoms with Gasteiger partial charge in [0.15, 0.2) is 0 Å². The van der Waals surface area contributed by atoms with Crippen LogP contribution < -0.4 is 0 Å². The third kappa shape index (κ3) is 2.40. The van der Waals surface area contributed by atoms with E-state index in [1.165, 1.54) is 0 Å². The maximum Gasteiger partial charge on any atom is 0.399 e. The van der Waals surface area contributed by atoms with E-state index in [0.717, 1.165) is 33.5 Å². The first-order valence-corrected chi connectivity index (χ1v) is 6.61. The largest absolute Gasteiger partial charge is 0.399 e. The lowest BCUT2D eigenvalue weighted by Crippen LogP contribution is -2.31. The Kier molecular flexibility index (Phi) is 4.27. The van der Waals surface area contributed by atoms with Crippen LogP contribution in [0.3, 0.4) is 0 Å². The van der Waals surface area contributed by atoms with Crippen LogP contribution in [-0.4, -0.2) is 19.9 Å². The minimum atomic E-state index is -4.29. The van der Waals surface area contributed by atoms with E-state index in [9.17, 15) is 13.3 Å². The van der Waals surface area contributed by atoms with Crippen molar-refractivity contribution in [1.82, 2.24) is 0 Å². The molecule has 0 unspecified atom stereocenters. The second-order valence-electron chi connectivity index (χ2n) is 3.79. The highest BCUT2D eigenvalue weighted by molar-refractivity contribution is 7.55. The van der Waals surface area contributed by atoms with E-state index in [1.807, 2.05) is 0 Å². The monoisotopic (exact) mass is 242 g/mol. The summed E-state index contributed by atoms with van der Waals surface area (Å²) in [5, 5.41) is 0. The molecule has 0 aromatic rings. The summed E-state index contributed by atoms with van der Waals surface area (Å²) in [5.41, 5.74) is -3.36. The van der Waals surface area contributed by atoms with Crippen molar-refractivity contribution < 1.29 is 22.4 Å². The number of alkyl halides is 2. The molecule has 0 radical (unpaired) electrons. The van der Waals surface area contributed by atoms with Crippen LogP contribution in [0.5, 0.6) is 0 Å². The SMILES string of the molecule is COP(=O)(OC)C(F)(F)C1CCCCC1. The van der Waals surface area contributed by atoms with Crippen LogP contribution in [0.2, 0.25) is 0 Å². The lowest BCUT2D eigenvalue weighted by molar-refractivity contribution is -0.0205. The minimum absolute atomic E-state index is 0.393. The fourth-order valence-corrected chi connectivity index (χ4v) is 3.33. The standard InChI is InChI=1S/C9H17F2O3P/c1-13-15(12,14-2)9(10,11)8-6-4-3-5-7-8/h8H,3-7H2,1-2H3. The summed E-state index contributed by atoms with van der Waals surface area (Å²) in [7, 11) is -2.28. The Labute approximate surface area is 88.7 Å². The lowest BCUT2D eigenvalue weighted by Gasteiger charge is -2.32. The molecule has 0 aromatic heterocycles. The molecule has 90 valence electrons. The van der Waals surface area contributed by atoms with Crippen molar-refractivity contribution in [1.29, 1.82) is 0 Å². The van der Waals surface area contributed by atoms with Crippen molar-refractivity contribution in [2.75, 3.05) is 14.2 Å². The first-order chi connectivity index (χ1) is 6.98. The Hall–Kier alpha value is 0.01000. The molecule has 3 nitrogen and oxygen atoms in total. The molecule has 0 atom stereocenters. The highest BCUT2D eigenvalue weighted by atomic mass is 31.2. The number of hydrogen-bond acceptors (Lipinski definition) is 3. The van der Waals surface area contributed by atoms with Crippen molar-refractivity contribution >= 4 is 7.60 Å². The van der Waals surface area contributed by atoms with Gasteiger partial charge in [0.25, 0.3) is 0 Å².